The Bertz CT molecular complexity index is 718. The van der Waals surface area contributed by atoms with Crippen molar-refractivity contribution in [1.82, 2.24) is 9.80 Å². The smallest absolute Gasteiger partial charge is 0.300 e. The van der Waals surface area contributed by atoms with Crippen molar-refractivity contribution in [3.05, 3.63) is 47.0 Å². The number of likely N-dealkylation sites (tertiary alicyclic amines) is 2. The molecular formula is C26H39F3N2. The van der Waals surface area contributed by atoms with E-state index in [1.807, 2.05) is 0 Å². The molecule has 0 saturated carbocycles. The highest BCUT2D eigenvalue weighted by Gasteiger charge is 2.34. The van der Waals surface area contributed by atoms with E-state index in [0.717, 1.165) is 25.1 Å². The second-order valence-electron chi connectivity index (χ2n) is 10.3. The number of halogens is 3. The molecule has 1 unspecified atom stereocenters. The van der Waals surface area contributed by atoms with Gasteiger partial charge in [0.25, 0.3) is 0 Å². The molecule has 3 rings (SSSR count). The van der Waals surface area contributed by atoms with Gasteiger partial charge in [0.15, 0.2) is 0 Å². The third kappa shape index (κ3) is 6.58. The van der Waals surface area contributed by atoms with Crippen LogP contribution in [0.2, 0.25) is 0 Å². The van der Waals surface area contributed by atoms with E-state index in [0.29, 0.717) is 12.1 Å². The van der Waals surface area contributed by atoms with Gasteiger partial charge in [0.05, 0.1) is 5.56 Å². The lowest BCUT2D eigenvalue weighted by atomic mass is 9.78. The molecule has 0 bridgehead atoms. The molecule has 174 valence electrons. The SMILES string of the molecule is CC(C)=CC(CC(C)(C)c1ccc(C(F)(F)F)cc1)N1CCC(N2CCCCC2)CC1. The zero-order valence-corrected chi connectivity index (χ0v) is 19.6. The highest BCUT2D eigenvalue weighted by atomic mass is 19.4. The van der Waals surface area contributed by atoms with Crippen molar-refractivity contribution in [2.75, 3.05) is 26.2 Å². The minimum atomic E-state index is -4.29. The Morgan fingerprint density at radius 2 is 1.48 bits per heavy atom. The van der Waals surface area contributed by atoms with E-state index in [4.69, 9.17) is 0 Å². The highest BCUT2D eigenvalue weighted by molar-refractivity contribution is 5.30. The average molecular weight is 437 g/mol. The first-order valence-corrected chi connectivity index (χ1v) is 11.9. The van der Waals surface area contributed by atoms with Crippen molar-refractivity contribution in [1.29, 1.82) is 0 Å². The van der Waals surface area contributed by atoms with Gasteiger partial charge in [0.2, 0.25) is 0 Å². The molecule has 1 atom stereocenters. The molecule has 2 fully saturated rings. The van der Waals surface area contributed by atoms with Crippen LogP contribution in [-0.4, -0.2) is 48.1 Å². The van der Waals surface area contributed by atoms with Crippen LogP contribution in [0.3, 0.4) is 0 Å². The number of allylic oxidation sites excluding steroid dienone is 1. The molecule has 31 heavy (non-hydrogen) atoms. The largest absolute Gasteiger partial charge is 0.416 e. The number of rotatable bonds is 6. The van der Waals surface area contributed by atoms with E-state index in [1.165, 1.54) is 62.9 Å². The van der Waals surface area contributed by atoms with Crippen molar-refractivity contribution in [2.45, 2.75) is 89.9 Å². The monoisotopic (exact) mass is 436 g/mol. The fourth-order valence-corrected chi connectivity index (χ4v) is 5.30. The summed E-state index contributed by atoms with van der Waals surface area (Å²) >= 11 is 0. The standard InChI is InChI=1S/C26H39F3N2/c1-20(2)18-24(31-16-12-23(13-17-31)30-14-6-5-7-15-30)19-25(3,4)21-8-10-22(11-9-21)26(27,28)29/h8-11,18,23-24H,5-7,12-17,19H2,1-4H3. The predicted octanol–water partition coefficient (Wildman–Crippen LogP) is 6.66. The molecule has 0 aliphatic carbocycles. The Labute approximate surface area is 186 Å². The van der Waals surface area contributed by atoms with E-state index < -0.39 is 11.7 Å². The second-order valence-corrected chi connectivity index (χ2v) is 10.3. The molecule has 0 N–H and O–H groups in total. The van der Waals surface area contributed by atoms with Crippen molar-refractivity contribution >= 4 is 0 Å². The lowest BCUT2D eigenvalue weighted by molar-refractivity contribution is -0.137. The van der Waals surface area contributed by atoms with Crippen LogP contribution in [0.25, 0.3) is 0 Å². The number of benzene rings is 1. The Hall–Kier alpha value is -1.33. The normalized spacial score (nSPS) is 21.1. The molecule has 2 saturated heterocycles. The molecule has 0 amide bonds. The van der Waals surface area contributed by atoms with Gasteiger partial charge in [-0.1, -0.05) is 44.1 Å². The number of alkyl halides is 3. The molecule has 5 heteroatoms. The molecule has 1 aromatic carbocycles. The third-order valence-corrected chi connectivity index (χ3v) is 7.11. The molecule has 0 aromatic heterocycles. The molecule has 0 radical (unpaired) electrons. The molecule has 2 nitrogen and oxygen atoms in total. The zero-order valence-electron chi connectivity index (χ0n) is 19.6. The van der Waals surface area contributed by atoms with Crippen molar-refractivity contribution in [3.8, 4) is 0 Å². The van der Waals surface area contributed by atoms with Gasteiger partial charge in [-0.25, -0.2) is 0 Å². The fraction of sp³-hybridized carbons (Fsp3) is 0.692. The summed E-state index contributed by atoms with van der Waals surface area (Å²) in [6, 6.07) is 6.78. The number of hydrogen-bond donors (Lipinski definition) is 0. The summed E-state index contributed by atoms with van der Waals surface area (Å²) in [6.45, 7) is 13.3. The average Bonchev–Trinajstić information content (AvgIpc) is 2.73. The van der Waals surface area contributed by atoms with E-state index in [2.05, 4.69) is 43.6 Å². The van der Waals surface area contributed by atoms with E-state index in [9.17, 15) is 13.2 Å². The first kappa shape index (κ1) is 24.3. The van der Waals surface area contributed by atoms with E-state index in [1.54, 1.807) is 12.1 Å². The summed E-state index contributed by atoms with van der Waals surface area (Å²) in [5, 5.41) is 0. The van der Waals surface area contributed by atoms with Crippen molar-refractivity contribution in [2.24, 2.45) is 0 Å². The van der Waals surface area contributed by atoms with Gasteiger partial charge in [-0.15, -0.1) is 0 Å². The van der Waals surface area contributed by atoms with Gasteiger partial charge in [-0.3, -0.25) is 4.90 Å². The van der Waals surface area contributed by atoms with Gasteiger partial charge < -0.3 is 4.90 Å². The van der Waals surface area contributed by atoms with Crippen LogP contribution >= 0.6 is 0 Å². The van der Waals surface area contributed by atoms with Crippen molar-refractivity contribution in [3.63, 3.8) is 0 Å². The summed E-state index contributed by atoms with van der Waals surface area (Å²) in [5.41, 5.74) is 1.49. The predicted molar refractivity (Wildman–Crippen MR) is 122 cm³/mol. The number of piperidine rings is 2. The van der Waals surface area contributed by atoms with Gasteiger partial charge in [0, 0.05) is 25.2 Å². The maximum Gasteiger partial charge on any atom is 0.416 e. The minimum Gasteiger partial charge on any atom is -0.300 e. The maximum atomic E-state index is 13.0. The van der Waals surface area contributed by atoms with Crippen LogP contribution in [0.4, 0.5) is 13.2 Å². The van der Waals surface area contributed by atoms with Crippen molar-refractivity contribution < 1.29 is 13.2 Å². The minimum absolute atomic E-state index is 0.204. The Morgan fingerprint density at radius 1 is 0.935 bits per heavy atom. The van der Waals surface area contributed by atoms with Crippen LogP contribution < -0.4 is 0 Å². The maximum absolute atomic E-state index is 13.0. The Kier molecular flexibility index (Phi) is 7.90. The summed E-state index contributed by atoms with van der Waals surface area (Å²) < 4.78 is 38.9. The van der Waals surface area contributed by atoms with Gasteiger partial charge in [0.1, 0.15) is 0 Å². The second kappa shape index (κ2) is 10.1. The first-order valence-electron chi connectivity index (χ1n) is 11.9. The van der Waals surface area contributed by atoms with Crippen LogP contribution in [0.5, 0.6) is 0 Å². The van der Waals surface area contributed by atoms with E-state index in [-0.39, 0.29) is 5.41 Å². The fourth-order valence-electron chi connectivity index (χ4n) is 5.30. The number of nitrogens with zero attached hydrogens (tertiary/aromatic N) is 2. The molecule has 2 heterocycles. The first-order chi connectivity index (χ1) is 14.6. The van der Waals surface area contributed by atoms with Crippen LogP contribution in [0, 0.1) is 0 Å². The molecular weight excluding hydrogens is 397 g/mol. The molecule has 1 aromatic rings. The lowest BCUT2D eigenvalue weighted by Gasteiger charge is -2.43. The topological polar surface area (TPSA) is 6.48 Å². The number of hydrogen-bond acceptors (Lipinski definition) is 2. The lowest BCUT2D eigenvalue weighted by Crippen LogP contribution is -2.49. The van der Waals surface area contributed by atoms with Crippen LogP contribution in [0.15, 0.2) is 35.9 Å². The van der Waals surface area contributed by atoms with Crippen LogP contribution in [-0.2, 0) is 11.6 Å². The van der Waals surface area contributed by atoms with E-state index >= 15 is 0 Å². The highest BCUT2D eigenvalue weighted by Crippen LogP contribution is 2.35. The zero-order chi connectivity index (χ0) is 22.6. The van der Waals surface area contributed by atoms with Gasteiger partial charge >= 0.3 is 6.18 Å². The van der Waals surface area contributed by atoms with Gasteiger partial charge in [-0.05, 0) is 82.2 Å². The summed E-state index contributed by atoms with van der Waals surface area (Å²) in [7, 11) is 0. The van der Waals surface area contributed by atoms with Crippen LogP contribution in [0.1, 0.15) is 77.3 Å². The molecule has 2 aliphatic heterocycles. The van der Waals surface area contributed by atoms with Gasteiger partial charge in [-0.2, -0.15) is 13.2 Å². The Balaban J connectivity index is 1.67. The summed E-state index contributed by atoms with van der Waals surface area (Å²) in [6.07, 6.45) is 5.44. The summed E-state index contributed by atoms with van der Waals surface area (Å²) in [4.78, 5) is 5.29. The third-order valence-electron chi connectivity index (χ3n) is 7.11. The molecule has 2 aliphatic rings. The Morgan fingerprint density at radius 3 is 2.00 bits per heavy atom. The quantitative estimate of drug-likeness (QED) is 0.460. The molecule has 0 spiro atoms. The summed E-state index contributed by atoms with van der Waals surface area (Å²) in [5.74, 6) is 0.